The van der Waals surface area contributed by atoms with Gasteiger partial charge >= 0.3 is 0 Å². The highest BCUT2D eigenvalue weighted by molar-refractivity contribution is 9.10. The molecule has 2 aromatic carbocycles. The third kappa shape index (κ3) is 2.55. The predicted octanol–water partition coefficient (Wildman–Crippen LogP) is 5.15. The molecule has 1 aromatic heterocycles. The molecule has 3 aromatic rings. The Kier molecular flexibility index (Phi) is 3.72. The molecule has 0 spiro atoms. The van der Waals surface area contributed by atoms with Gasteiger partial charge in [0, 0.05) is 32.3 Å². The van der Waals surface area contributed by atoms with E-state index in [1.807, 2.05) is 23.6 Å². The SMILES string of the molecule is N#Cc1csc(CNc2ccc(Br)c3ccccc23)c1. The first kappa shape index (κ1) is 13.2. The maximum atomic E-state index is 8.84. The van der Waals surface area contributed by atoms with Gasteiger partial charge in [-0.1, -0.05) is 40.2 Å². The fourth-order valence-corrected chi connectivity index (χ4v) is 3.36. The fourth-order valence-electron chi connectivity index (χ4n) is 2.13. The minimum atomic E-state index is 0.729. The van der Waals surface area contributed by atoms with Gasteiger partial charge in [0.15, 0.2) is 0 Å². The number of hydrogen-bond acceptors (Lipinski definition) is 3. The molecular weight excluding hydrogens is 332 g/mol. The lowest BCUT2D eigenvalue weighted by atomic mass is 10.1. The second-order valence-corrected chi connectivity index (χ2v) is 6.26. The van der Waals surface area contributed by atoms with Gasteiger partial charge in [-0.3, -0.25) is 0 Å². The number of benzene rings is 2. The number of hydrogen-bond donors (Lipinski definition) is 1. The third-order valence-corrected chi connectivity index (χ3v) is 4.74. The summed E-state index contributed by atoms with van der Waals surface area (Å²) in [7, 11) is 0. The normalized spacial score (nSPS) is 10.4. The Morgan fingerprint density at radius 2 is 1.95 bits per heavy atom. The number of halogens is 1. The van der Waals surface area contributed by atoms with E-state index in [4.69, 9.17) is 5.26 Å². The summed E-state index contributed by atoms with van der Waals surface area (Å²) in [4.78, 5) is 1.16. The minimum Gasteiger partial charge on any atom is -0.380 e. The van der Waals surface area contributed by atoms with E-state index in [-0.39, 0.29) is 0 Å². The summed E-state index contributed by atoms with van der Waals surface area (Å²) < 4.78 is 1.10. The lowest BCUT2D eigenvalue weighted by molar-refractivity contribution is 1.20. The summed E-state index contributed by atoms with van der Waals surface area (Å²) in [5.74, 6) is 0. The van der Waals surface area contributed by atoms with Gasteiger partial charge in [0.05, 0.1) is 5.56 Å². The lowest BCUT2D eigenvalue weighted by Crippen LogP contribution is -1.98. The first-order valence-electron chi connectivity index (χ1n) is 6.16. The first-order valence-corrected chi connectivity index (χ1v) is 7.84. The van der Waals surface area contributed by atoms with Crippen LogP contribution in [0.2, 0.25) is 0 Å². The zero-order chi connectivity index (χ0) is 13.9. The van der Waals surface area contributed by atoms with Crippen LogP contribution in [0.4, 0.5) is 5.69 Å². The zero-order valence-corrected chi connectivity index (χ0v) is 13.0. The van der Waals surface area contributed by atoms with Crippen LogP contribution in [0.15, 0.2) is 52.3 Å². The molecule has 0 atom stereocenters. The fraction of sp³-hybridized carbons (Fsp3) is 0.0625. The number of thiophene rings is 1. The van der Waals surface area contributed by atoms with E-state index < -0.39 is 0 Å². The van der Waals surface area contributed by atoms with Crippen LogP contribution in [0.25, 0.3) is 10.8 Å². The van der Waals surface area contributed by atoms with Gasteiger partial charge in [0.1, 0.15) is 6.07 Å². The summed E-state index contributed by atoms with van der Waals surface area (Å²) in [5, 5.41) is 16.6. The monoisotopic (exact) mass is 342 g/mol. The first-order chi connectivity index (χ1) is 9.78. The van der Waals surface area contributed by atoms with E-state index >= 15 is 0 Å². The van der Waals surface area contributed by atoms with Crippen molar-refractivity contribution in [2.45, 2.75) is 6.54 Å². The predicted molar refractivity (Wildman–Crippen MR) is 88.0 cm³/mol. The summed E-state index contributed by atoms with van der Waals surface area (Å²) in [6.07, 6.45) is 0. The minimum absolute atomic E-state index is 0.729. The van der Waals surface area contributed by atoms with Gasteiger partial charge < -0.3 is 5.32 Å². The van der Waals surface area contributed by atoms with Crippen molar-refractivity contribution in [2.24, 2.45) is 0 Å². The highest BCUT2D eigenvalue weighted by Crippen LogP contribution is 2.30. The number of anilines is 1. The average Bonchev–Trinajstić information content (AvgIpc) is 2.95. The van der Waals surface area contributed by atoms with Crippen molar-refractivity contribution >= 4 is 43.7 Å². The summed E-state index contributed by atoms with van der Waals surface area (Å²) in [6, 6.07) is 16.5. The van der Waals surface area contributed by atoms with E-state index in [0.29, 0.717) is 0 Å². The Balaban J connectivity index is 1.88. The van der Waals surface area contributed by atoms with Crippen LogP contribution < -0.4 is 5.32 Å². The van der Waals surface area contributed by atoms with Crippen molar-refractivity contribution in [3.63, 3.8) is 0 Å². The van der Waals surface area contributed by atoms with Crippen LogP contribution >= 0.6 is 27.3 Å². The molecular formula is C16H11BrN2S. The van der Waals surface area contributed by atoms with Crippen LogP contribution in [-0.4, -0.2) is 0 Å². The number of nitrogens with one attached hydrogen (secondary N) is 1. The van der Waals surface area contributed by atoms with Gasteiger partial charge in [-0.2, -0.15) is 5.26 Å². The Bertz CT molecular complexity index is 802. The summed E-state index contributed by atoms with van der Waals surface area (Å²) >= 11 is 5.19. The molecule has 0 aliphatic carbocycles. The zero-order valence-electron chi connectivity index (χ0n) is 10.6. The second-order valence-electron chi connectivity index (χ2n) is 4.41. The number of nitrogens with zero attached hydrogens (tertiary/aromatic N) is 1. The third-order valence-electron chi connectivity index (χ3n) is 3.11. The number of rotatable bonds is 3. The van der Waals surface area contributed by atoms with E-state index in [1.165, 1.54) is 10.8 Å². The highest BCUT2D eigenvalue weighted by atomic mass is 79.9. The Hall–Kier alpha value is -1.83. The summed E-state index contributed by atoms with van der Waals surface area (Å²) in [6.45, 7) is 0.734. The van der Waals surface area contributed by atoms with Gasteiger partial charge in [0.25, 0.3) is 0 Å². The maximum Gasteiger partial charge on any atom is 0.100 e. The molecule has 0 fully saturated rings. The molecule has 3 rings (SSSR count). The van der Waals surface area contributed by atoms with E-state index in [1.54, 1.807) is 11.3 Å². The van der Waals surface area contributed by atoms with Crippen LogP contribution in [-0.2, 0) is 6.54 Å². The molecule has 1 N–H and O–H groups in total. The number of nitriles is 1. The largest absolute Gasteiger partial charge is 0.380 e. The molecule has 0 radical (unpaired) electrons. The molecule has 4 heteroatoms. The Morgan fingerprint density at radius 3 is 2.70 bits per heavy atom. The Labute approximate surface area is 129 Å². The topological polar surface area (TPSA) is 35.8 Å². The smallest absolute Gasteiger partial charge is 0.100 e. The molecule has 0 amide bonds. The molecule has 98 valence electrons. The molecule has 1 heterocycles. The molecule has 0 bridgehead atoms. The van der Waals surface area contributed by atoms with Crippen LogP contribution in [0.1, 0.15) is 10.4 Å². The molecule has 20 heavy (non-hydrogen) atoms. The van der Waals surface area contributed by atoms with Gasteiger partial charge in [-0.25, -0.2) is 0 Å². The molecule has 2 nitrogen and oxygen atoms in total. The van der Waals surface area contributed by atoms with Crippen LogP contribution in [0, 0.1) is 11.3 Å². The van der Waals surface area contributed by atoms with Gasteiger partial charge in [-0.05, 0) is 23.6 Å². The summed E-state index contributed by atoms with van der Waals surface area (Å²) in [5.41, 5.74) is 1.84. The quantitative estimate of drug-likeness (QED) is 0.714. The lowest BCUT2D eigenvalue weighted by Gasteiger charge is -2.10. The number of fused-ring (bicyclic) bond motifs is 1. The van der Waals surface area contributed by atoms with Crippen molar-refractivity contribution in [3.05, 3.63) is 62.8 Å². The van der Waals surface area contributed by atoms with Crippen molar-refractivity contribution < 1.29 is 0 Å². The maximum absolute atomic E-state index is 8.84. The molecule has 0 saturated carbocycles. The van der Waals surface area contributed by atoms with Crippen molar-refractivity contribution in [1.82, 2.24) is 0 Å². The Morgan fingerprint density at radius 1 is 1.15 bits per heavy atom. The van der Waals surface area contributed by atoms with Crippen LogP contribution in [0.5, 0.6) is 0 Å². The van der Waals surface area contributed by atoms with Crippen molar-refractivity contribution in [1.29, 1.82) is 5.26 Å². The van der Waals surface area contributed by atoms with Gasteiger partial charge in [-0.15, -0.1) is 11.3 Å². The second kappa shape index (κ2) is 5.66. The standard InChI is InChI=1S/C16H11BrN2S/c17-15-5-6-16(14-4-2-1-3-13(14)15)19-9-12-7-11(8-18)10-20-12/h1-7,10,19H,9H2. The molecule has 0 aliphatic rings. The van der Waals surface area contributed by atoms with E-state index in [0.717, 1.165) is 27.1 Å². The highest BCUT2D eigenvalue weighted by Gasteiger charge is 2.04. The van der Waals surface area contributed by atoms with Gasteiger partial charge in [0.2, 0.25) is 0 Å². The molecule has 0 saturated heterocycles. The van der Waals surface area contributed by atoms with E-state index in [9.17, 15) is 0 Å². The van der Waals surface area contributed by atoms with Crippen molar-refractivity contribution in [2.75, 3.05) is 5.32 Å². The molecule has 0 aliphatic heterocycles. The van der Waals surface area contributed by atoms with Crippen molar-refractivity contribution in [3.8, 4) is 6.07 Å². The van der Waals surface area contributed by atoms with Crippen LogP contribution in [0.3, 0.4) is 0 Å². The molecule has 0 unspecified atom stereocenters. The average molecular weight is 343 g/mol. The van der Waals surface area contributed by atoms with E-state index in [2.05, 4.69) is 51.6 Å².